The lowest BCUT2D eigenvalue weighted by molar-refractivity contribution is -0.385. The molecule has 8 rings (SSSR count). The Kier molecular flexibility index (Phi) is 16.9. The Bertz CT molecular complexity index is 5480. The third-order valence-electron chi connectivity index (χ3n) is 12.0. The SMILES string of the molecule is Nc1c(N=Nc2ccc3c(O)c(N=Nc4ccc(N=Nc5c(C(=O)O)nn(-c6cc(C(=O)O)ccc6C(=O)O)c5O)c(S(=O)(=O)O)c4)c(S(=O)(=O)O)cc3c2S(=O)(=O)O)cc(S(=O)(=O)O)c2cc(S(=O)(=O)O)c(N=Nc3ccc([N+](=O)[O-])cc3S(=O)(=O)O)c(O)c12. The summed E-state index contributed by atoms with van der Waals surface area (Å²) in [5.74, 6) is -9.60. The Morgan fingerprint density at radius 3 is 1.49 bits per heavy atom. The van der Waals surface area contributed by atoms with Gasteiger partial charge in [-0.15, -0.1) is 35.8 Å². The number of azo groups is 4. The lowest BCUT2D eigenvalue weighted by Crippen LogP contribution is -2.10. The van der Waals surface area contributed by atoms with Crippen molar-refractivity contribution in [2.45, 2.75) is 29.4 Å². The van der Waals surface area contributed by atoms with E-state index < -0.39 is 231 Å². The van der Waals surface area contributed by atoms with Crippen LogP contribution in [0.4, 0.5) is 56.9 Å². The molecular formula is C44H28N12O29S6. The summed E-state index contributed by atoms with van der Waals surface area (Å²) in [6.45, 7) is 0. The van der Waals surface area contributed by atoms with Gasteiger partial charge < -0.3 is 36.4 Å². The van der Waals surface area contributed by atoms with Gasteiger partial charge in [0.05, 0.1) is 38.5 Å². The van der Waals surface area contributed by atoms with Gasteiger partial charge in [0.1, 0.15) is 63.5 Å². The zero-order chi connectivity index (χ0) is 67.7. The molecule has 1 heterocycles. The van der Waals surface area contributed by atoms with Gasteiger partial charge in [-0.25, -0.2) is 14.4 Å². The van der Waals surface area contributed by atoms with Crippen LogP contribution < -0.4 is 5.73 Å². The summed E-state index contributed by atoms with van der Waals surface area (Å²) in [6.07, 6.45) is 0. The average Bonchev–Trinajstić information content (AvgIpc) is 1.32. The Labute approximate surface area is 503 Å². The minimum atomic E-state index is -5.82. The van der Waals surface area contributed by atoms with Crippen LogP contribution in [0.2, 0.25) is 0 Å². The predicted octanol–water partition coefficient (Wildman–Crippen LogP) is 7.02. The van der Waals surface area contributed by atoms with Crippen LogP contribution in [-0.2, 0) is 60.7 Å². The van der Waals surface area contributed by atoms with Crippen LogP contribution in [0.3, 0.4) is 0 Å². The highest BCUT2D eigenvalue weighted by Gasteiger charge is 2.33. The monoisotopic (exact) mass is 1380 g/mol. The maximum atomic E-state index is 13.1. The lowest BCUT2D eigenvalue weighted by Gasteiger charge is -2.15. The Hall–Kier alpha value is -10.9. The molecule has 0 radical (unpaired) electrons. The molecule has 0 aliphatic carbocycles. The van der Waals surface area contributed by atoms with E-state index in [4.69, 9.17) is 5.73 Å². The molecule has 0 bridgehead atoms. The number of fused-ring (bicyclic) bond motifs is 2. The van der Waals surface area contributed by atoms with Crippen LogP contribution in [0.1, 0.15) is 31.2 Å². The number of carboxylic acids is 3. The van der Waals surface area contributed by atoms with E-state index in [9.17, 15) is 133 Å². The first-order chi connectivity index (χ1) is 41.9. The predicted molar refractivity (Wildman–Crippen MR) is 297 cm³/mol. The van der Waals surface area contributed by atoms with E-state index in [0.717, 1.165) is 18.2 Å². The van der Waals surface area contributed by atoms with Crippen LogP contribution in [0, 0.1) is 10.1 Å². The summed E-state index contributed by atoms with van der Waals surface area (Å²) < 4.78 is 214. The molecule has 8 aromatic rings. The van der Waals surface area contributed by atoms with Crippen molar-refractivity contribution < 1.29 is 128 Å². The summed E-state index contributed by atoms with van der Waals surface area (Å²) in [6, 6.07) is 7.73. The number of nitrogen functional groups attached to an aromatic ring is 1. The number of rotatable bonds is 19. The van der Waals surface area contributed by atoms with E-state index in [1.807, 2.05) is 0 Å². The van der Waals surface area contributed by atoms with Gasteiger partial charge >= 0.3 is 17.9 Å². The molecule has 47 heteroatoms. The van der Waals surface area contributed by atoms with Crippen molar-refractivity contribution in [1.82, 2.24) is 9.78 Å². The average molecular weight is 1380 g/mol. The first-order valence-electron chi connectivity index (χ1n) is 23.0. The summed E-state index contributed by atoms with van der Waals surface area (Å²) in [5.41, 5.74) is -7.54. The summed E-state index contributed by atoms with van der Waals surface area (Å²) in [4.78, 5) is 37.3. The highest BCUT2D eigenvalue weighted by atomic mass is 32.2. The van der Waals surface area contributed by atoms with Crippen LogP contribution in [0.5, 0.6) is 17.4 Å². The first-order valence-corrected chi connectivity index (χ1v) is 31.6. The second kappa shape index (κ2) is 23.3. The molecule has 474 valence electrons. The number of aromatic nitrogens is 2. The third-order valence-corrected chi connectivity index (χ3v) is 17.4. The van der Waals surface area contributed by atoms with Crippen molar-refractivity contribution in [2.75, 3.05) is 5.73 Å². The second-order valence-corrected chi connectivity index (χ2v) is 26.0. The van der Waals surface area contributed by atoms with Gasteiger partial charge in [-0.2, -0.15) is 65.4 Å². The zero-order valence-corrected chi connectivity index (χ0v) is 48.2. The summed E-state index contributed by atoms with van der Waals surface area (Å²) in [5, 5.41) is 102. The molecule has 0 atom stereocenters. The standard InChI is InChI=1S/C44H28N12O29S6/c45-33-25(14-27(86(68,69)70)21-13-31(90(80,81)82)35(39(58)32(21)33)52-47-23-7-3-17(56(66)67)11-29(23)88(74,75)76)50-49-24-8-5-18-20(40(24)91(83,84)85)12-30(89(77,78)79)34(38(18)57)51-46-16-2-6-22(28(10-16)87(71,72)73)48-53-36-37(44(64)65)54-55(41(36)59)26-9-15(42(60)61)1-4-19(26)43(62)63/h1-14,57-59H,45H2,(H,60,61)(H,62,63)(H,64,65)(H,68,69,70)(H,71,72,73)(H,74,75,76)(H,77,78,79)(H,80,81,82)(H,83,84,85). The number of non-ortho nitro benzene ring substituents is 1. The molecule has 0 aliphatic heterocycles. The number of hydrogen-bond donors (Lipinski definition) is 13. The number of hydrogen-bond acceptors (Lipinski definition) is 30. The van der Waals surface area contributed by atoms with E-state index in [1.54, 1.807) is 0 Å². The van der Waals surface area contributed by atoms with Gasteiger partial charge in [0, 0.05) is 28.3 Å². The molecule has 0 saturated heterocycles. The Morgan fingerprint density at radius 2 is 0.967 bits per heavy atom. The second-order valence-electron chi connectivity index (χ2n) is 17.7. The molecule has 41 nitrogen and oxygen atoms in total. The number of nitrogens with zero attached hydrogens (tertiary/aromatic N) is 11. The van der Waals surface area contributed by atoms with Crippen molar-refractivity contribution in [2.24, 2.45) is 40.9 Å². The molecule has 0 fully saturated rings. The van der Waals surface area contributed by atoms with Crippen LogP contribution in [0.25, 0.3) is 27.2 Å². The number of phenols is 2. The maximum Gasteiger partial charge on any atom is 0.358 e. The van der Waals surface area contributed by atoms with E-state index in [1.165, 1.54) is 0 Å². The molecular weight excluding hydrogens is 1350 g/mol. The zero-order valence-electron chi connectivity index (χ0n) is 43.3. The number of aromatic hydroxyl groups is 3. The molecule has 1 aromatic heterocycles. The molecule has 0 saturated carbocycles. The van der Waals surface area contributed by atoms with Crippen molar-refractivity contribution in [3.8, 4) is 23.1 Å². The van der Waals surface area contributed by atoms with Crippen LogP contribution in [-0.4, -0.2) is 141 Å². The van der Waals surface area contributed by atoms with E-state index in [0.29, 0.717) is 48.5 Å². The van der Waals surface area contributed by atoms with Gasteiger partial charge in [-0.05, 0) is 72.8 Å². The van der Waals surface area contributed by atoms with Crippen molar-refractivity contribution >= 4 is 157 Å². The molecule has 0 spiro atoms. The number of carboxylic acid groups (broad SMARTS) is 3. The van der Waals surface area contributed by atoms with Gasteiger partial charge in [0.25, 0.3) is 66.4 Å². The van der Waals surface area contributed by atoms with Crippen LogP contribution >= 0.6 is 0 Å². The van der Waals surface area contributed by atoms with Gasteiger partial charge in [-0.1, -0.05) is 0 Å². The summed E-state index contributed by atoms with van der Waals surface area (Å²) in [7, 11) is -33.9. The molecule has 14 N–H and O–H groups in total. The first kappa shape index (κ1) is 66.1. The smallest absolute Gasteiger partial charge is 0.358 e. The van der Waals surface area contributed by atoms with Crippen LogP contribution in [0.15, 0.2) is 155 Å². The fourth-order valence-corrected chi connectivity index (χ4v) is 12.2. The molecule has 91 heavy (non-hydrogen) atoms. The third kappa shape index (κ3) is 13.2. The van der Waals surface area contributed by atoms with Crippen molar-refractivity contribution in [1.29, 1.82) is 0 Å². The molecule has 7 aromatic carbocycles. The number of nitro groups is 1. The molecule has 0 aliphatic rings. The Morgan fingerprint density at radius 1 is 0.473 bits per heavy atom. The van der Waals surface area contributed by atoms with Gasteiger partial charge in [0.15, 0.2) is 17.2 Å². The quantitative estimate of drug-likeness (QED) is 0.0127. The van der Waals surface area contributed by atoms with Gasteiger partial charge in [-0.3, -0.25) is 37.4 Å². The van der Waals surface area contributed by atoms with E-state index in [2.05, 4.69) is 46.0 Å². The fraction of sp³-hybridized carbons (Fsp3) is 0. The summed E-state index contributed by atoms with van der Waals surface area (Å²) >= 11 is 0. The van der Waals surface area contributed by atoms with E-state index in [-0.39, 0.29) is 22.9 Å². The Balaban J connectivity index is 1.24. The number of nitrogens with two attached hydrogens (primary N) is 1. The number of aromatic carboxylic acids is 3. The minimum Gasteiger partial charge on any atom is -0.505 e. The fourth-order valence-electron chi connectivity index (χ4n) is 8.13. The van der Waals surface area contributed by atoms with Crippen molar-refractivity contribution in [3.05, 3.63) is 112 Å². The normalized spacial score (nSPS) is 12.9. The van der Waals surface area contributed by atoms with Gasteiger partial charge in [0.2, 0.25) is 11.6 Å². The lowest BCUT2D eigenvalue weighted by atomic mass is 10.0. The number of benzene rings is 7. The number of phenolic OH excluding ortho intramolecular Hbond substituents is 2. The number of anilines is 1. The maximum absolute atomic E-state index is 13.1. The largest absolute Gasteiger partial charge is 0.505 e. The highest BCUT2D eigenvalue weighted by molar-refractivity contribution is 7.87. The van der Waals surface area contributed by atoms with Crippen molar-refractivity contribution in [3.63, 3.8) is 0 Å². The number of nitro benzene ring substituents is 1. The molecule has 0 amide bonds. The highest BCUT2D eigenvalue weighted by Crippen LogP contribution is 2.50. The number of carbonyl (C=O) groups is 3. The molecule has 0 unspecified atom stereocenters. The topological polar surface area (TPSA) is 685 Å². The minimum absolute atomic E-state index is 0.222. The van der Waals surface area contributed by atoms with E-state index >= 15 is 0 Å².